The zero-order valence-corrected chi connectivity index (χ0v) is 20.7. The maximum absolute atomic E-state index is 4.48. The Hall–Kier alpha value is -2.89. The molecule has 0 spiro atoms. The molecule has 0 saturated carbocycles. The third kappa shape index (κ3) is 8.33. The molecule has 1 heterocycles. The van der Waals surface area contributed by atoms with E-state index in [0.717, 1.165) is 23.4 Å². The van der Waals surface area contributed by atoms with E-state index in [0.29, 0.717) is 0 Å². The summed E-state index contributed by atoms with van der Waals surface area (Å²) in [7, 11) is 1.84. The number of aryl methyl sites for hydroxylation is 1. The highest BCUT2D eigenvalue weighted by Gasteiger charge is 2.11. The van der Waals surface area contributed by atoms with Gasteiger partial charge in [0.1, 0.15) is 0 Å². The first kappa shape index (κ1) is 27.1. The molecule has 0 unspecified atom stereocenters. The molecule has 0 aliphatic carbocycles. The van der Waals surface area contributed by atoms with Gasteiger partial charge in [0.15, 0.2) is 0 Å². The van der Waals surface area contributed by atoms with Crippen molar-refractivity contribution in [2.75, 3.05) is 20.1 Å². The van der Waals surface area contributed by atoms with Crippen LogP contribution in [0.15, 0.2) is 76.9 Å². The summed E-state index contributed by atoms with van der Waals surface area (Å²) in [5, 5.41) is 0. The molecule has 0 radical (unpaired) electrons. The lowest BCUT2D eigenvalue weighted by Gasteiger charge is -2.26. The molecule has 1 fully saturated rings. The Morgan fingerprint density at radius 2 is 1.81 bits per heavy atom. The zero-order chi connectivity index (χ0) is 23.9. The van der Waals surface area contributed by atoms with Crippen LogP contribution in [0.4, 0.5) is 0 Å². The number of allylic oxidation sites excluding steroid dienone is 8. The van der Waals surface area contributed by atoms with E-state index in [1.54, 1.807) is 0 Å². The molecule has 0 bridgehead atoms. The summed E-state index contributed by atoms with van der Waals surface area (Å²) >= 11 is 0. The number of nitrogens with zero attached hydrogens (tertiary/aromatic N) is 2. The summed E-state index contributed by atoms with van der Waals surface area (Å²) in [5.41, 5.74) is 8.35. The second-order valence-electron chi connectivity index (χ2n) is 8.01. The van der Waals surface area contributed by atoms with Crippen LogP contribution in [0.3, 0.4) is 0 Å². The van der Waals surface area contributed by atoms with Crippen LogP contribution in [0.2, 0.25) is 0 Å². The van der Waals surface area contributed by atoms with Crippen LogP contribution in [0, 0.1) is 19.8 Å². The van der Waals surface area contributed by atoms with E-state index in [1.807, 2.05) is 33.0 Å². The average Bonchev–Trinajstić information content (AvgIpc) is 2.82. The fraction of sp³-hybridized carbons (Fsp3) is 0.367. The average molecular weight is 429 g/mol. The van der Waals surface area contributed by atoms with Gasteiger partial charge in [0.2, 0.25) is 0 Å². The molecule has 0 amide bonds. The van der Waals surface area contributed by atoms with Crippen LogP contribution in [0.1, 0.15) is 56.7 Å². The van der Waals surface area contributed by atoms with E-state index in [2.05, 4.69) is 85.7 Å². The van der Waals surface area contributed by atoms with Gasteiger partial charge in [0, 0.05) is 13.6 Å². The predicted octanol–water partition coefficient (Wildman–Crippen LogP) is 7.34. The fourth-order valence-electron chi connectivity index (χ4n) is 3.96. The molecule has 1 saturated heterocycles. The Morgan fingerprint density at radius 3 is 2.34 bits per heavy atom. The van der Waals surface area contributed by atoms with Crippen LogP contribution in [0.5, 0.6) is 0 Å². The molecule has 1 aliphatic heterocycles. The second-order valence-corrected chi connectivity index (χ2v) is 8.01. The molecule has 2 heteroatoms. The van der Waals surface area contributed by atoms with Gasteiger partial charge < -0.3 is 0 Å². The van der Waals surface area contributed by atoms with Gasteiger partial charge >= 0.3 is 0 Å². The molecule has 170 valence electrons. The van der Waals surface area contributed by atoms with Gasteiger partial charge in [0.05, 0.1) is 5.71 Å². The fourth-order valence-corrected chi connectivity index (χ4v) is 3.96. The Morgan fingerprint density at radius 1 is 1.12 bits per heavy atom. The zero-order valence-electron chi connectivity index (χ0n) is 20.7. The molecule has 0 N–H and O–H groups in total. The van der Waals surface area contributed by atoms with Crippen molar-refractivity contribution in [2.45, 2.75) is 53.5 Å². The van der Waals surface area contributed by atoms with Gasteiger partial charge in [-0.25, -0.2) is 0 Å². The minimum Gasteiger partial charge on any atom is -0.299 e. The number of aliphatic imine (C=N–C) groups is 1. The van der Waals surface area contributed by atoms with Gasteiger partial charge in [-0.15, -0.1) is 12.8 Å². The Labute approximate surface area is 196 Å². The summed E-state index contributed by atoms with van der Waals surface area (Å²) in [5.74, 6) is 0. The van der Waals surface area contributed by atoms with Crippen molar-refractivity contribution in [2.24, 2.45) is 4.99 Å². The smallest absolute Gasteiger partial charge is 0.0645 e. The highest BCUT2D eigenvalue weighted by atomic mass is 15.1. The van der Waals surface area contributed by atoms with E-state index < -0.39 is 0 Å². The molecular weight excluding hydrogens is 388 g/mol. The standard InChI is InChI=1S/C28H38N2.C2H2/c1-7-13-25(8-2)28(29-6)20-26(9-3)23(5)19-27-15-14-24(18-22(27)4)21-30-16-11-10-12-17-30;1-2/h7-9,13-15,18-20H,3,10-12,16-17,21H2,1-2,4-6H3;1-2H/b13-7-,23-19+,25-8+,26-20+,29-28?;. The monoisotopic (exact) mass is 428 g/mol. The number of hydrogen-bond donors (Lipinski definition) is 0. The van der Waals surface area contributed by atoms with Crippen LogP contribution in [-0.2, 0) is 6.54 Å². The highest BCUT2D eigenvalue weighted by Crippen LogP contribution is 2.21. The first-order valence-electron chi connectivity index (χ1n) is 11.5. The third-order valence-corrected chi connectivity index (χ3v) is 5.72. The summed E-state index contributed by atoms with van der Waals surface area (Å²) in [6.45, 7) is 16.0. The van der Waals surface area contributed by atoms with Crippen LogP contribution < -0.4 is 0 Å². The summed E-state index contributed by atoms with van der Waals surface area (Å²) < 4.78 is 0. The first-order chi connectivity index (χ1) is 15.5. The van der Waals surface area contributed by atoms with Gasteiger partial charge in [-0.05, 0) is 93.1 Å². The Kier molecular flexibility index (Phi) is 12.7. The summed E-state index contributed by atoms with van der Waals surface area (Å²) in [6, 6.07) is 6.87. The number of likely N-dealkylation sites (tertiary alicyclic amines) is 1. The predicted molar refractivity (Wildman–Crippen MR) is 144 cm³/mol. The highest BCUT2D eigenvalue weighted by molar-refractivity contribution is 6.11. The van der Waals surface area contributed by atoms with Crippen molar-refractivity contribution in [3.8, 4) is 12.8 Å². The molecular formula is C30H40N2. The van der Waals surface area contributed by atoms with Gasteiger partial charge in [0.25, 0.3) is 0 Å². The largest absolute Gasteiger partial charge is 0.299 e. The summed E-state index contributed by atoms with van der Waals surface area (Å²) in [4.78, 5) is 7.06. The lowest BCUT2D eigenvalue weighted by atomic mass is 9.97. The van der Waals surface area contributed by atoms with Crippen molar-refractivity contribution in [1.82, 2.24) is 4.90 Å². The number of rotatable bonds is 8. The molecule has 2 rings (SSSR count). The van der Waals surface area contributed by atoms with E-state index in [4.69, 9.17) is 0 Å². The third-order valence-electron chi connectivity index (χ3n) is 5.72. The minimum atomic E-state index is 0.965. The van der Waals surface area contributed by atoms with E-state index in [9.17, 15) is 0 Å². The van der Waals surface area contributed by atoms with Crippen molar-refractivity contribution < 1.29 is 0 Å². The van der Waals surface area contributed by atoms with Crippen LogP contribution in [-0.4, -0.2) is 30.7 Å². The van der Waals surface area contributed by atoms with Crippen molar-refractivity contribution in [3.05, 3.63) is 88.6 Å². The van der Waals surface area contributed by atoms with E-state index >= 15 is 0 Å². The minimum absolute atomic E-state index is 0.965. The normalized spacial score (nSPS) is 16.6. The van der Waals surface area contributed by atoms with Crippen molar-refractivity contribution in [3.63, 3.8) is 0 Å². The Bertz CT molecular complexity index is 913. The van der Waals surface area contributed by atoms with Gasteiger partial charge in [-0.2, -0.15) is 0 Å². The molecule has 32 heavy (non-hydrogen) atoms. The maximum atomic E-state index is 4.48. The summed E-state index contributed by atoms with van der Waals surface area (Å²) in [6.07, 6.45) is 24.6. The first-order valence-corrected chi connectivity index (χ1v) is 11.5. The molecule has 2 nitrogen and oxygen atoms in total. The quantitative estimate of drug-likeness (QED) is 0.240. The SMILES string of the molecule is C#C.C=CC(=C\C(=NC)C(/C=C\C)=C/C)/C(C)=C/c1ccc(CN2CCCCC2)cc1C. The molecule has 1 aromatic rings. The molecule has 1 aliphatic rings. The molecule has 1 aromatic carbocycles. The van der Waals surface area contributed by atoms with Crippen LogP contribution in [0.25, 0.3) is 6.08 Å². The van der Waals surface area contributed by atoms with Gasteiger partial charge in [-0.3, -0.25) is 9.89 Å². The number of benzene rings is 1. The van der Waals surface area contributed by atoms with Crippen LogP contribution >= 0.6 is 0 Å². The second kappa shape index (κ2) is 15.0. The maximum Gasteiger partial charge on any atom is 0.0645 e. The molecule has 0 atom stereocenters. The molecule has 0 aromatic heterocycles. The van der Waals surface area contributed by atoms with Crippen molar-refractivity contribution in [1.29, 1.82) is 0 Å². The lowest BCUT2D eigenvalue weighted by molar-refractivity contribution is 0.221. The number of piperidine rings is 1. The topological polar surface area (TPSA) is 15.6 Å². The Balaban J connectivity index is 0.00000249. The number of hydrogen-bond acceptors (Lipinski definition) is 2. The van der Waals surface area contributed by atoms with Gasteiger partial charge in [-0.1, -0.05) is 61.6 Å². The van der Waals surface area contributed by atoms with E-state index in [-0.39, 0.29) is 0 Å². The number of terminal acetylenes is 1. The van der Waals surface area contributed by atoms with Crippen molar-refractivity contribution >= 4 is 11.8 Å². The van der Waals surface area contributed by atoms with E-state index in [1.165, 1.54) is 54.6 Å². The lowest BCUT2D eigenvalue weighted by Crippen LogP contribution is -2.29.